The highest BCUT2D eigenvalue weighted by atomic mass is 35.5. The van der Waals surface area contributed by atoms with Crippen molar-refractivity contribution in [1.82, 2.24) is 20.2 Å². The number of aromatic nitrogens is 2. The number of hydrogen-bond acceptors (Lipinski definition) is 5. The molecule has 0 unspecified atom stereocenters. The molecule has 1 saturated carbocycles. The van der Waals surface area contributed by atoms with E-state index in [1.165, 1.54) is 18.6 Å². The van der Waals surface area contributed by atoms with Crippen molar-refractivity contribution in [2.75, 3.05) is 31.5 Å². The van der Waals surface area contributed by atoms with Crippen LogP contribution in [-0.2, 0) is 4.79 Å². The van der Waals surface area contributed by atoms with Gasteiger partial charge in [-0.1, -0.05) is 48.4 Å². The predicted molar refractivity (Wildman–Crippen MR) is 144 cm³/mol. The molecule has 2 aliphatic heterocycles. The molecule has 8 heteroatoms. The lowest BCUT2D eigenvalue weighted by molar-refractivity contribution is -0.148. The first-order valence-corrected chi connectivity index (χ1v) is 13.5. The van der Waals surface area contributed by atoms with E-state index < -0.39 is 0 Å². The van der Waals surface area contributed by atoms with Crippen molar-refractivity contribution in [1.29, 1.82) is 0 Å². The Kier molecular flexibility index (Phi) is 6.59. The number of anilines is 1. The highest BCUT2D eigenvalue weighted by Gasteiger charge is 2.48. The molecule has 0 bridgehead atoms. The van der Waals surface area contributed by atoms with Crippen molar-refractivity contribution < 1.29 is 9.18 Å². The molecule has 3 heterocycles. The second kappa shape index (κ2) is 10.0. The minimum Gasteiger partial charge on any atom is -0.351 e. The van der Waals surface area contributed by atoms with Gasteiger partial charge < -0.3 is 15.5 Å². The molecule has 1 spiro atoms. The Morgan fingerprint density at radius 1 is 1.11 bits per heavy atom. The standard InChI is InChI=1S/C29H31ClFN5O/c30-25-15-33-28(35-26(25)21-4-1-3-20(13-21)19-7-9-23(31)10-8-19)34-24-6-2-5-22(14-24)27(37)36-17-29(18-36)11-12-32-16-29/h1,3-4,7-10,13,15,22,24,32H,2,5-6,11-12,14,16-18H2,(H,33,34,35)/t22-,24+/m0/s1. The maximum absolute atomic E-state index is 13.4. The molecular weight excluding hydrogens is 489 g/mol. The SMILES string of the molecule is O=C([C@H]1CCC[C@@H](Nc2ncc(Cl)c(-c3cccc(-c4ccc(F)cc4)c3)n2)C1)N1CC2(CCNC2)C1. The van der Waals surface area contributed by atoms with Gasteiger partial charge in [-0.05, 0) is 61.6 Å². The lowest BCUT2D eigenvalue weighted by Crippen LogP contribution is -2.60. The zero-order chi connectivity index (χ0) is 25.4. The summed E-state index contributed by atoms with van der Waals surface area (Å²) in [6.07, 6.45) is 6.53. The zero-order valence-corrected chi connectivity index (χ0v) is 21.5. The van der Waals surface area contributed by atoms with Gasteiger partial charge in [-0.3, -0.25) is 4.79 Å². The van der Waals surface area contributed by atoms with Crippen LogP contribution in [0, 0.1) is 17.2 Å². The number of nitrogens with zero attached hydrogens (tertiary/aromatic N) is 3. The highest BCUT2D eigenvalue weighted by Crippen LogP contribution is 2.39. The molecule has 2 saturated heterocycles. The Balaban J connectivity index is 1.14. The van der Waals surface area contributed by atoms with Crippen molar-refractivity contribution in [3.05, 3.63) is 65.6 Å². The predicted octanol–water partition coefficient (Wildman–Crippen LogP) is 5.40. The Morgan fingerprint density at radius 2 is 1.92 bits per heavy atom. The summed E-state index contributed by atoms with van der Waals surface area (Å²) in [6, 6.07) is 14.5. The summed E-state index contributed by atoms with van der Waals surface area (Å²) in [4.78, 5) is 24.4. The van der Waals surface area contributed by atoms with Crippen molar-refractivity contribution in [2.24, 2.45) is 11.3 Å². The van der Waals surface area contributed by atoms with E-state index in [-0.39, 0.29) is 17.8 Å². The van der Waals surface area contributed by atoms with Crippen LogP contribution in [0.25, 0.3) is 22.4 Å². The number of carbonyl (C=O) groups excluding carboxylic acids is 1. The Labute approximate surface area is 221 Å². The highest BCUT2D eigenvalue weighted by molar-refractivity contribution is 6.32. The lowest BCUT2D eigenvalue weighted by Gasteiger charge is -2.49. The monoisotopic (exact) mass is 519 g/mol. The molecule has 3 aliphatic rings. The third kappa shape index (κ3) is 5.07. The van der Waals surface area contributed by atoms with Gasteiger partial charge in [0.2, 0.25) is 11.9 Å². The summed E-state index contributed by atoms with van der Waals surface area (Å²) in [5.41, 5.74) is 3.70. The number of halogens is 2. The van der Waals surface area contributed by atoms with Gasteiger partial charge in [0.1, 0.15) is 5.82 Å². The normalized spacial score (nSPS) is 22.6. The van der Waals surface area contributed by atoms with E-state index in [0.717, 1.165) is 68.6 Å². The van der Waals surface area contributed by atoms with Gasteiger partial charge in [-0.15, -0.1) is 0 Å². The molecule has 6 rings (SSSR count). The van der Waals surface area contributed by atoms with E-state index in [9.17, 15) is 9.18 Å². The number of nitrogens with one attached hydrogen (secondary N) is 2. The van der Waals surface area contributed by atoms with Crippen LogP contribution < -0.4 is 10.6 Å². The molecule has 1 aliphatic carbocycles. The largest absolute Gasteiger partial charge is 0.351 e. The molecule has 1 aromatic heterocycles. The molecular formula is C29H31ClFN5O. The number of benzene rings is 2. The third-order valence-corrected chi connectivity index (χ3v) is 8.39. The van der Waals surface area contributed by atoms with E-state index in [1.54, 1.807) is 18.3 Å². The molecule has 0 radical (unpaired) electrons. The first-order chi connectivity index (χ1) is 18.0. The summed E-state index contributed by atoms with van der Waals surface area (Å²) in [6.45, 7) is 3.90. The maximum atomic E-state index is 13.4. The summed E-state index contributed by atoms with van der Waals surface area (Å²) < 4.78 is 13.4. The number of likely N-dealkylation sites (tertiary alicyclic amines) is 1. The number of rotatable bonds is 5. The van der Waals surface area contributed by atoms with Gasteiger partial charge in [-0.25, -0.2) is 14.4 Å². The van der Waals surface area contributed by atoms with E-state index in [2.05, 4.69) is 20.5 Å². The molecule has 2 aromatic carbocycles. The minimum absolute atomic E-state index is 0.0529. The van der Waals surface area contributed by atoms with Crippen LogP contribution >= 0.6 is 11.6 Å². The van der Waals surface area contributed by atoms with Gasteiger partial charge >= 0.3 is 0 Å². The van der Waals surface area contributed by atoms with Gasteiger partial charge in [0.25, 0.3) is 0 Å². The third-order valence-electron chi connectivity index (χ3n) is 8.11. The molecule has 3 aromatic rings. The van der Waals surface area contributed by atoms with Crippen LogP contribution in [0.5, 0.6) is 0 Å². The van der Waals surface area contributed by atoms with Crippen LogP contribution in [0.4, 0.5) is 10.3 Å². The summed E-state index contributed by atoms with van der Waals surface area (Å²) in [7, 11) is 0. The minimum atomic E-state index is -0.263. The molecule has 2 N–H and O–H groups in total. The van der Waals surface area contributed by atoms with E-state index in [1.807, 2.05) is 24.3 Å². The number of amides is 1. The number of carbonyl (C=O) groups is 1. The van der Waals surface area contributed by atoms with Crippen molar-refractivity contribution in [2.45, 2.75) is 38.1 Å². The second-order valence-electron chi connectivity index (χ2n) is 10.8. The van der Waals surface area contributed by atoms with E-state index in [4.69, 9.17) is 16.6 Å². The summed E-state index contributed by atoms with van der Waals surface area (Å²) in [5, 5.41) is 7.38. The molecule has 1 amide bonds. The Hall–Kier alpha value is -3.03. The second-order valence-corrected chi connectivity index (χ2v) is 11.2. The molecule has 192 valence electrons. The fourth-order valence-electron chi connectivity index (χ4n) is 6.10. The van der Waals surface area contributed by atoms with Gasteiger partial charge in [-0.2, -0.15) is 0 Å². The van der Waals surface area contributed by atoms with Crippen molar-refractivity contribution >= 4 is 23.5 Å². The average molecular weight is 520 g/mol. The van der Waals surface area contributed by atoms with Gasteiger partial charge in [0, 0.05) is 42.6 Å². The quantitative estimate of drug-likeness (QED) is 0.472. The smallest absolute Gasteiger partial charge is 0.225 e. The Morgan fingerprint density at radius 3 is 2.70 bits per heavy atom. The van der Waals surface area contributed by atoms with E-state index in [0.29, 0.717) is 28.0 Å². The summed E-state index contributed by atoms with van der Waals surface area (Å²) in [5.74, 6) is 0.613. The van der Waals surface area contributed by atoms with Gasteiger partial charge in [0.05, 0.1) is 16.9 Å². The molecule has 6 nitrogen and oxygen atoms in total. The number of hydrogen-bond donors (Lipinski definition) is 2. The topological polar surface area (TPSA) is 70.2 Å². The first-order valence-electron chi connectivity index (χ1n) is 13.1. The maximum Gasteiger partial charge on any atom is 0.225 e. The van der Waals surface area contributed by atoms with Crippen LogP contribution in [0.3, 0.4) is 0 Å². The molecule has 2 atom stereocenters. The van der Waals surface area contributed by atoms with E-state index >= 15 is 0 Å². The Bertz CT molecular complexity index is 1290. The van der Waals surface area contributed by atoms with Crippen LogP contribution in [0.1, 0.15) is 32.1 Å². The lowest BCUT2D eigenvalue weighted by atomic mass is 9.77. The zero-order valence-electron chi connectivity index (χ0n) is 20.7. The molecule has 37 heavy (non-hydrogen) atoms. The average Bonchev–Trinajstić information content (AvgIpc) is 3.40. The first kappa shape index (κ1) is 24.3. The van der Waals surface area contributed by atoms with Crippen LogP contribution in [0.2, 0.25) is 5.02 Å². The fourth-order valence-corrected chi connectivity index (χ4v) is 6.30. The fraction of sp³-hybridized carbons (Fsp3) is 0.414. The van der Waals surface area contributed by atoms with Gasteiger partial charge in [0.15, 0.2) is 0 Å². The van der Waals surface area contributed by atoms with Crippen LogP contribution in [-0.4, -0.2) is 53.0 Å². The van der Waals surface area contributed by atoms with Crippen LogP contribution in [0.15, 0.2) is 54.7 Å². The van der Waals surface area contributed by atoms with Crippen molar-refractivity contribution in [3.8, 4) is 22.4 Å². The summed E-state index contributed by atoms with van der Waals surface area (Å²) >= 11 is 6.51. The van der Waals surface area contributed by atoms with Crippen molar-refractivity contribution in [3.63, 3.8) is 0 Å². The molecule has 3 fully saturated rings.